The number of allylic oxidation sites excluding steroid dienone is 1. The number of benzene rings is 1. The number of rotatable bonds is 7. The van der Waals surface area contributed by atoms with E-state index in [1.165, 1.54) is 13.0 Å². The molecule has 0 aromatic heterocycles. The number of hydrogen-bond donors (Lipinski definition) is 1. The molecule has 7 nitrogen and oxygen atoms in total. The average Bonchev–Trinajstić information content (AvgIpc) is 3.02. The molecule has 2 aliphatic rings. The second-order valence-electron chi connectivity index (χ2n) is 11.0. The lowest BCUT2D eigenvalue weighted by molar-refractivity contribution is -0.181. The number of aliphatic hydroxyl groups is 1. The van der Waals surface area contributed by atoms with Crippen molar-refractivity contribution in [3.63, 3.8) is 0 Å². The molecule has 0 bridgehead atoms. The van der Waals surface area contributed by atoms with Crippen LogP contribution in [0.4, 0.5) is 0 Å². The summed E-state index contributed by atoms with van der Waals surface area (Å²) in [5.41, 5.74) is -0.288. The van der Waals surface area contributed by atoms with Gasteiger partial charge in [-0.3, -0.25) is 4.79 Å². The van der Waals surface area contributed by atoms with Gasteiger partial charge in [0.15, 0.2) is 0 Å². The summed E-state index contributed by atoms with van der Waals surface area (Å²) in [6.07, 6.45) is 4.66. The highest BCUT2D eigenvalue weighted by atomic mass is 16.6. The number of carbonyl (C=O) groups excluding carboxylic acids is 3. The molecule has 206 valence electrons. The fourth-order valence-corrected chi connectivity index (χ4v) is 5.88. The van der Waals surface area contributed by atoms with Gasteiger partial charge in [0.1, 0.15) is 18.3 Å². The Morgan fingerprint density at radius 1 is 1.08 bits per heavy atom. The van der Waals surface area contributed by atoms with Crippen molar-refractivity contribution in [1.82, 2.24) is 0 Å². The zero-order valence-corrected chi connectivity index (χ0v) is 23.4. The molecule has 6 atom stereocenters. The SMILES string of the molecule is C/C=C(/C)C(=O)O[C@H]1CC(C)=C[C@H](OC(=O)/C=C/c2ccccc2)[C@@]2(C)[C@@H](OC(C)=O)C[C@@](O)(C(C)C)[C@H]12. The normalized spacial score (nSPS) is 31.4. The highest BCUT2D eigenvalue weighted by Gasteiger charge is 2.68. The van der Waals surface area contributed by atoms with E-state index < -0.39 is 53.2 Å². The number of ether oxygens (including phenoxy) is 3. The summed E-state index contributed by atoms with van der Waals surface area (Å²) in [6, 6.07) is 9.39. The maximum absolute atomic E-state index is 13.0. The van der Waals surface area contributed by atoms with Crippen molar-refractivity contribution in [2.75, 3.05) is 0 Å². The summed E-state index contributed by atoms with van der Waals surface area (Å²) in [6.45, 7) is 12.3. The van der Waals surface area contributed by atoms with Gasteiger partial charge in [-0.2, -0.15) is 0 Å². The van der Waals surface area contributed by atoms with Gasteiger partial charge in [-0.15, -0.1) is 0 Å². The summed E-state index contributed by atoms with van der Waals surface area (Å²) in [5.74, 6) is -2.48. The first-order valence-corrected chi connectivity index (χ1v) is 13.2. The van der Waals surface area contributed by atoms with Crippen LogP contribution in [0, 0.1) is 17.3 Å². The Bertz CT molecular complexity index is 1130. The first kappa shape index (κ1) is 29.4. The Morgan fingerprint density at radius 3 is 2.32 bits per heavy atom. The van der Waals surface area contributed by atoms with Crippen LogP contribution >= 0.6 is 0 Å². The second kappa shape index (κ2) is 11.7. The topological polar surface area (TPSA) is 99.1 Å². The zero-order valence-electron chi connectivity index (χ0n) is 23.4. The lowest BCUT2D eigenvalue weighted by Crippen LogP contribution is -2.55. The molecule has 0 unspecified atom stereocenters. The first-order chi connectivity index (χ1) is 17.8. The Kier molecular flexibility index (Phi) is 9.03. The van der Waals surface area contributed by atoms with Crippen LogP contribution in [-0.2, 0) is 28.6 Å². The fraction of sp³-hybridized carbons (Fsp3) is 0.516. The molecule has 0 aliphatic heterocycles. The lowest BCUT2D eigenvalue weighted by atomic mass is 9.66. The van der Waals surface area contributed by atoms with Gasteiger partial charge in [-0.05, 0) is 44.4 Å². The molecule has 7 heteroatoms. The lowest BCUT2D eigenvalue weighted by Gasteiger charge is -2.45. The molecule has 3 rings (SSSR count). The minimum absolute atomic E-state index is 0.128. The van der Waals surface area contributed by atoms with E-state index in [2.05, 4.69) is 0 Å². The van der Waals surface area contributed by atoms with E-state index in [4.69, 9.17) is 14.2 Å². The van der Waals surface area contributed by atoms with E-state index in [0.717, 1.165) is 11.1 Å². The molecule has 0 saturated heterocycles. The highest BCUT2D eigenvalue weighted by Crippen LogP contribution is 2.59. The van der Waals surface area contributed by atoms with Crippen LogP contribution in [0.2, 0.25) is 0 Å². The van der Waals surface area contributed by atoms with Crippen LogP contribution in [-0.4, -0.2) is 46.9 Å². The summed E-state index contributed by atoms with van der Waals surface area (Å²) in [7, 11) is 0. The van der Waals surface area contributed by atoms with Crippen molar-refractivity contribution < 1.29 is 33.7 Å². The fourth-order valence-electron chi connectivity index (χ4n) is 5.88. The van der Waals surface area contributed by atoms with Gasteiger partial charge in [-0.1, -0.05) is 62.8 Å². The van der Waals surface area contributed by atoms with Crippen LogP contribution in [0.5, 0.6) is 0 Å². The van der Waals surface area contributed by atoms with Crippen molar-refractivity contribution in [2.45, 2.75) is 85.2 Å². The van der Waals surface area contributed by atoms with Crippen LogP contribution in [0.15, 0.2) is 59.7 Å². The zero-order chi connectivity index (χ0) is 28.3. The minimum atomic E-state index is -1.35. The van der Waals surface area contributed by atoms with Gasteiger partial charge in [0.25, 0.3) is 0 Å². The Morgan fingerprint density at radius 2 is 1.74 bits per heavy atom. The molecule has 0 amide bonds. The standard InChI is InChI=1S/C31H40O7/c1-8-21(5)29(34)37-24-16-20(4)17-25(38-27(33)15-14-23-12-10-9-11-13-23)30(7)26(36-22(6)32)18-31(35,19(2)3)28(24)30/h8-15,17,19,24-26,28,35H,16,18H2,1-7H3/b15-14+,21-8-/t24-,25-,26-,28+,30-,31+/m0/s1. The van der Waals surface area contributed by atoms with E-state index in [0.29, 0.717) is 12.0 Å². The molecule has 0 radical (unpaired) electrons. The maximum Gasteiger partial charge on any atom is 0.333 e. The Labute approximate surface area is 225 Å². The summed E-state index contributed by atoms with van der Waals surface area (Å²) in [4.78, 5) is 38.1. The summed E-state index contributed by atoms with van der Waals surface area (Å²) < 4.78 is 17.9. The van der Waals surface area contributed by atoms with Gasteiger partial charge in [0.05, 0.1) is 11.0 Å². The van der Waals surface area contributed by atoms with E-state index in [1.807, 2.05) is 64.1 Å². The first-order valence-electron chi connectivity index (χ1n) is 13.2. The van der Waals surface area contributed by atoms with Gasteiger partial charge in [0.2, 0.25) is 0 Å². The summed E-state index contributed by atoms with van der Waals surface area (Å²) >= 11 is 0. The molecule has 1 aromatic rings. The van der Waals surface area contributed by atoms with Gasteiger partial charge in [0, 0.05) is 37.3 Å². The Hall–Kier alpha value is -3.19. The van der Waals surface area contributed by atoms with Crippen LogP contribution in [0.1, 0.15) is 66.9 Å². The van der Waals surface area contributed by atoms with Crippen LogP contribution in [0.3, 0.4) is 0 Å². The molecule has 1 fully saturated rings. The quantitative estimate of drug-likeness (QED) is 0.227. The number of fused-ring (bicyclic) bond motifs is 1. The van der Waals surface area contributed by atoms with Crippen molar-refractivity contribution >= 4 is 24.0 Å². The maximum atomic E-state index is 13.0. The molecule has 1 saturated carbocycles. The molecule has 0 heterocycles. The largest absolute Gasteiger partial charge is 0.462 e. The number of hydrogen-bond acceptors (Lipinski definition) is 7. The van der Waals surface area contributed by atoms with Crippen LogP contribution in [0.25, 0.3) is 6.08 Å². The van der Waals surface area contributed by atoms with Gasteiger partial charge < -0.3 is 19.3 Å². The van der Waals surface area contributed by atoms with Gasteiger partial charge in [-0.25, -0.2) is 9.59 Å². The third-order valence-electron chi connectivity index (χ3n) is 8.13. The molecule has 1 N–H and O–H groups in total. The van der Waals surface area contributed by atoms with Crippen molar-refractivity contribution in [3.05, 3.63) is 65.3 Å². The third kappa shape index (κ3) is 5.93. The predicted octanol–water partition coefficient (Wildman–Crippen LogP) is 5.18. The third-order valence-corrected chi connectivity index (χ3v) is 8.13. The number of esters is 3. The van der Waals surface area contributed by atoms with Gasteiger partial charge >= 0.3 is 17.9 Å². The van der Waals surface area contributed by atoms with Crippen molar-refractivity contribution in [3.8, 4) is 0 Å². The minimum Gasteiger partial charge on any atom is -0.462 e. The highest BCUT2D eigenvalue weighted by molar-refractivity contribution is 5.88. The van der Waals surface area contributed by atoms with Crippen LogP contribution < -0.4 is 0 Å². The molecule has 0 spiro atoms. The Balaban J connectivity index is 2.08. The average molecular weight is 525 g/mol. The monoisotopic (exact) mass is 524 g/mol. The molecule has 1 aromatic carbocycles. The predicted molar refractivity (Wildman–Crippen MR) is 145 cm³/mol. The van der Waals surface area contributed by atoms with E-state index in [1.54, 1.807) is 26.0 Å². The van der Waals surface area contributed by atoms with E-state index >= 15 is 0 Å². The smallest absolute Gasteiger partial charge is 0.333 e. The number of carbonyl (C=O) groups is 3. The summed E-state index contributed by atoms with van der Waals surface area (Å²) in [5, 5.41) is 12.1. The van der Waals surface area contributed by atoms with Crippen molar-refractivity contribution in [1.29, 1.82) is 0 Å². The second-order valence-corrected chi connectivity index (χ2v) is 11.0. The molecular formula is C31H40O7. The molecular weight excluding hydrogens is 484 g/mol. The molecule has 2 aliphatic carbocycles. The van der Waals surface area contributed by atoms with E-state index in [-0.39, 0.29) is 12.3 Å². The van der Waals surface area contributed by atoms with Crippen molar-refractivity contribution in [2.24, 2.45) is 17.3 Å². The molecule has 38 heavy (non-hydrogen) atoms. The van der Waals surface area contributed by atoms with E-state index in [9.17, 15) is 19.5 Å².